The van der Waals surface area contributed by atoms with E-state index in [1.54, 1.807) is 36.3 Å². The Hall–Kier alpha value is -2.42. The third-order valence-corrected chi connectivity index (χ3v) is 7.47. The van der Waals surface area contributed by atoms with Crippen molar-refractivity contribution >= 4 is 15.9 Å². The fourth-order valence-corrected chi connectivity index (χ4v) is 5.22. The number of methoxy groups -OCH3 is 1. The topological polar surface area (TPSA) is 79.0 Å². The second-order valence-corrected chi connectivity index (χ2v) is 9.67. The van der Waals surface area contributed by atoms with Crippen LogP contribution in [0.2, 0.25) is 0 Å². The highest BCUT2D eigenvalue weighted by molar-refractivity contribution is 7.89. The van der Waals surface area contributed by atoms with Gasteiger partial charge in [0.2, 0.25) is 15.9 Å². The number of amides is 1. The van der Waals surface area contributed by atoms with Crippen LogP contribution in [-0.4, -0.2) is 69.9 Å². The molecule has 1 aliphatic rings. The van der Waals surface area contributed by atoms with Gasteiger partial charge in [-0.25, -0.2) is 8.42 Å². The van der Waals surface area contributed by atoms with E-state index in [4.69, 9.17) is 4.74 Å². The SMILES string of the molecule is COc1ccc(S(=O)(=O)N(CCC(=O)N2CCNCC2)C[C@H](C)c2ccccc2)cc1. The molecule has 0 spiro atoms. The summed E-state index contributed by atoms with van der Waals surface area (Å²) in [6.07, 6.45) is 0.164. The Bertz CT molecular complexity index is 943. The van der Waals surface area contributed by atoms with Crippen LogP contribution >= 0.6 is 0 Å². The van der Waals surface area contributed by atoms with Gasteiger partial charge in [-0.05, 0) is 35.7 Å². The molecule has 1 N–H and O–H groups in total. The van der Waals surface area contributed by atoms with Crippen LogP contribution in [0.25, 0.3) is 0 Å². The molecule has 3 rings (SSSR count). The summed E-state index contributed by atoms with van der Waals surface area (Å²) in [4.78, 5) is 14.7. The molecule has 0 aliphatic carbocycles. The van der Waals surface area contributed by atoms with Crippen molar-refractivity contribution in [3.63, 3.8) is 0 Å². The fourth-order valence-electron chi connectivity index (χ4n) is 3.69. The van der Waals surface area contributed by atoms with E-state index in [0.29, 0.717) is 25.4 Å². The van der Waals surface area contributed by atoms with Gasteiger partial charge >= 0.3 is 0 Å². The molecule has 0 saturated carbocycles. The van der Waals surface area contributed by atoms with E-state index in [9.17, 15) is 13.2 Å². The molecule has 1 atom stereocenters. The highest BCUT2D eigenvalue weighted by Crippen LogP contribution is 2.24. The Kier molecular flexibility index (Phi) is 8.06. The zero-order valence-electron chi connectivity index (χ0n) is 18.2. The maximum Gasteiger partial charge on any atom is 0.243 e. The summed E-state index contributed by atoms with van der Waals surface area (Å²) in [5.74, 6) is 0.573. The monoisotopic (exact) mass is 445 g/mol. The molecule has 1 aliphatic heterocycles. The first kappa shape index (κ1) is 23.2. The van der Waals surface area contributed by atoms with Crippen LogP contribution in [0.15, 0.2) is 59.5 Å². The van der Waals surface area contributed by atoms with E-state index in [-0.39, 0.29) is 29.7 Å². The van der Waals surface area contributed by atoms with E-state index in [2.05, 4.69) is 5.32 Å². The van der Waals surface area contributed by atoms with Crippen molar-refractivity contribution in [2.45, 2.75) is 24.2 Å². The molecule has 7 nitrogen and oxygen atoms in total. The van der Waals surface area contributed by atoms with E-state index in [1.165, 1.54) is 4.31 Å². The number of benzene rings is 2. The minimum Gasteiger partial charge on any atom is -0.497 e. The number of hydrogen-bond donors (Lipinski definition) is 1. The Morgan fingerprint density at radius 3 is 2.35 bits per heavy atom. The van der Waals surface area contributed by atoms with Gasteiger partial charge in [-0.2, -0.15) is 4.31 Å². The Morgan fingerprint density at radius 2 is 1.74 bits per heavy atom. The molecule has 168 valence electrons. The molecule has 1 saturated heterocycles. The van der Waals surface area contributed by atoms with Crippen molar-refractivity contribution in [2.24, 2.45) is 0 Å². The zero-order valence-corrected chi connectivity index (χ0v) is 19.0. The second kappa shape index (κ2) is 10.7. The van der Waals surface area contributed by atoms with Crippen LogP contribution < -0.4 is 10.1 Å². The molecule has 2 aromatic rings. The Balaban J connectivity index is 1.79. The van der Waals surface area contributed by atoms with E-state index in [0.717, 1.165) is 18.7 Å². The van der Waals surface area contributed by atoms with Gasteiger partial charge in [0.05, 0.1) is 12.0 Å². The minimum absolute atomic E-state index is 0.0104. The van der Waals surface area contributed by atoms with Crippen LogP contribution in [0.4, 0.5) is 0 Å². The lowest BCUT2D eigenvalue weighted by atomic mass is 10.0. The lowest BCUT2D eigenvalue weighted by molar-refractivity contribution is -0.131. The van der Waals surface area contributed by atoms with Crippen LogP contribution in [-0.2, 0) is 14.8 Å². The predicted octanol–water partition coefficient (Wildman–Crippen LogP) is 2.31. The number of rotatable bonds is 9. The Morgan fingerprint density at radius 1 is 1.10 bits per heavy atom. The minimum atomic E-state index is -3.76. The van der Waals surface area contributed by atoms with Gasteiger partial charge in [-0.15, -0.1) is 0 Å². The number of nitrogens with one attached hydrogen (secondary N) is 1. The van der Waals surface area contributed by atoms with E-state index >= 15 is 0 Å². The Labute approximate surface area is 185 Å². The van der Waals surface area contributed by atoms with Crippen molar-refractivity contribution in [2.75, 3.05) is 46.4 Å². The summed E-state index contributed by atoms with van der Waals surface area (Å²) in [6.45, 7) is 5.30. The molecule has 1 amide bonds. The average molecular weight is 446 g/mol. The maximum atomic E-state index is 13.4. The maximum absolute atomic E-state index is 13.4. The van der Waals surface area contributed by atoms with E-state index in [1.807, 2.05) is 37.3 Å². The lowest BCUT2D eigenvalue weighted by Gasteiger charge is -2.29. The van der Waals surface area contributed by atoms with Crippen molar-refractivity contribution in [1.29, 1.82) is 0 Å². The van der Waals surface area contributed by atoms with Gasteiger partial charge in [0.15, 0.2) is 0 Å². The van der Waals surface area contributed by atoms with Crippen molar-refractivity contribution < 1.29 is 17.9 Å². The first-order chi connectivity index (χ1) is 14.9. The van der Waals surface area contributed by atoms with Crippen LogP contribution in [0.1, 0.15) is 24.8 Å². The quantitative estimate of drug-likeness (QED) is 0.641. The van der Waals surface area contributed by atoms with Crippen molar-refractivity contribution in [3.8, 4) is 5.75 Å². The first-order valence-electron chi connectivity index (χ1n) is 10.6. The third kappa shape index (κ3) is 6.06. The fraction of sp³-hybridized carbons (Fsp3) is 0.435. The van der Waals surface area contributed by atoms with Gasteiger partial charge in [0.25, 0.3) is 0 Å². The summed E-state index contributed by atoms with van der Waals surface area (Å²) < 4.78 is 33.5. The number of carbonyl (C=O) groups is 1. The number of piperazine rings is 1. The molecule has 1 heterocycles. The third-order valence-electron chi connectivity index (χ3n) is 5.59. The van der Waals surface area contributed by atoms with Crippen molar-refractivity contribution in [3.05, 3.63) is 60.2 Å². The number of nitrogens with zero attached hydrogens (tertiary/aromatic N) is 2. The average Bonchev–Trinajstić information content (AvgIpc) is 2.82. The molecule has 31 heavy (non-hydrogen) atoms. The molecule has 0 unspecified atom stereocenters. The predicted molar refractivity (Wildman–Crippen MR) is 121 cm³/mol. The normalized spacial score (nSPS) is 15.6. The largest absolute Gasteiger partial charge is 0.497 e. The highest BCUT2D eigenvalue weighted by atomic mass is 32.2. The van der Waals surface area contributed by atoms with Crippen LogP contribution in [0.3, 0.4) is 0 Å². The van der Waals surface area contributed by atoms with Gasteiger partial charge in [-0.3, -0.25) is 4.79 Å². The standard InChI is InChI=1S/C23H31N3O4S/c1-19(20-6-4-3-5-7-20)18-26(15-12-23(27)25-16-13-24-14-17-25)31(28,29)22-10-8-21(30-2)9-11-22/h3-11,19,24H,12-18H2,1-2H3/t19-/m0/s1. The number of sulfonamides is 1. The van der Waals surface area contributed by atoms with Crippen LogP contribution in [0.5, 0.6) is 5.75 Å². The number of hydrogen-bond acceptors (Lipinski definition) is 5. The smallest absolute Gasteiger partial charge is 0.243 e. The van der Waals surface area contributed by atoms with E-state index < -0.39 is 10.0 Å². The molecule has 0 radical (unpaired) electrons. The molecule has 2 aromatic carbocycles. The molecular weight excluding hydrogens is 414 g/mol. The summed E-state index contributed by atoms with van der Waals surface area (Å²) in [6, 6.07) is 16.2. The summed E-state index contributed by atoms with van der Waals surface area (Å²) >= 11 is 0. The second-order valence-electron chi connectivity index (χ2n) is 7.73. The summed E-state index contributed by atoms with van der Waals surface area (Å²) in [5, 5.41) is 3.22. The van der Waals surface area contributed by atoms with Gasteiger partial charge in [0.1, 0.15) is 5.75 Å². The zero-order chi connectivity index (χ0) is 22.3. The molecule has 0 bridgehead atoms. The molecule has 0 aromatic heterocycles. The van der Waals surface area contributed by atoms with Gasteiger partial charge in [-0.1, -0.05) is 37.3 Å². The summed E-state index contributed by atoms with van der Waals surface area (Å²) in [5.41, 5.74) is 1.06. The van der Waals surface area contributed by atoms with Crippen molar-refractivity contribution in [1.82, 2.24) is 14.5 Å². The van der Waals surface area contributed by atoms with Crippen LogP contribution in [0, 0.1) is 0 Å². The lowest BCUT2D eigenvalue weighted by Crippen LogP contribution is -2.47. The molecule has 8 heteroatoms. The number of carbonyl (C=O) groups excluding carboxylic acids is 1. The first-order valence-corrected chi connectivity index (χ1v) is 12.0. The van der Waals surface area contributed by atoms with Gasteiger partial charge < -0.3 is 15.0 Å². The summed E-state index contributed by atoms with van der Waals surface area (Å²) in [7, 11) is -2.22. The number of ether oxygens (including phenoxy) is 1. The highest BCUT2D eigenvalue weighted by Gasteiger charge is 2.28. The molecular formula is C23H31N3O4S. The van der Waals surface area contributed by atoms with Gasteiger partial charge in [0, 0.05) is 45.7 Å². The molecule has 1 fully saturated rings.